The molecule has 1 aromatic heterocycles. The van der Waals surface area contributed by atoms with E-state index in [1.165, 1.54) is 48.4 Å². The highest BCUT2D eigenvalue weighted by atomic mass is 32.2. The van der Waals surface area contributed by atoms with Gasteiger partial charge in [-0.2, -0.15) is 0 Å². The number of rotatable bonds is 7. The van der Waals surface area contributed by atoms with Crippen molar-refractivity contribution in [3.05, 3.63) is 42.0 Å². The van der Waals surface area contributed by atoms with E-state index in [1.54, 1.807) is 11.8 Å². The van der Waals surface area contributed by atoms with E-state index in [1.807, 2.05) is 4.57 Å². The van der Waals surface area contributed by atoms with Crippen molar-refractivity contribution in [2.24, 2.45) is 0 Å². The zero-order chi connectivity index (χ0) is 17.2. The van der Waals surface area contributed by atoms with Crippen LogP contribution in [-0.2, 0) is 0 Å². The average molecular weight is 353 g/mol. The van der Waals surface area contributed by atoms with Crippen molar-refractivity contribution >= 4 is 28.5 Å². The number of nitrogen functional groups attached to an aromatic ring is 1. The van der Waals surface area contributed by atoms with E-state index < -0.39 is 0 Å². The van der Waals surface area contributed by atoms with Crippen LogP contribution in [0.3, 0.4) is 0 Å². The molecular formula is C20H24N4S. The number of nitrogens with zero attached hydrogens (tertiary/aromatic N) is 3. The lowest BCUT2D eigenvalue weighted by molar-refractivity contribution is 0.775. The van der Waals surface area contributed by atoms with Crippen molar-refractivity contribution in [1.29, 1.82) is 0 Å². The van der Waals surface area contributed by atoms with E-state index in [0.717, 1.165) is 22.5 Å². The molecule has 3 aromatic rings. The van der Waals surface area contributed by atoms with Gasteiger partial charge in [0.1, 0.15) is 0 Å². The Balaban J connectivity index is 1.75. The van der Waals surface area contributed by atoms with Crippen LogP contribution in [0.5, 0.6) is 0 Å². The molecule has 1 aliphatic rings. The molecule has 0 saturated heterocycles. The molecule has 2 aromatic carbocycles. The van der Waals surface area contributed by atoms with Gasteiger partial charge in [-0.1, -0.05) is 61.9 Å². The van der Waals surface area contributed by atoms with E-state index in [4.69, 9.17) is 5.73 Å². The third-order valence-electron chi connectivity index (χ3n) is 4.83. The lowest BCUT2D eigenvalue weighted by atomic mass is 9.99. The topological polar surface area (TPSA) is 56.7 Å². The summed E-state index contributed by atoms with van der Waals surface area (Å²) >= 11 is 1.74. The second kappa shape index (κ2) is 7.08. The predicted molar refractivity (Wildman–Crippen MR) is 106 cm³/mol. The Kier molecular flexibility index (Phi) is 4.66. The van der Waals surface area contributed by atoms with Crippen molar-refractivity contribution in [2.45, 2.75) is 50.1 Å². The second-order valence-electron chi connectivity index (χ2n) is 6.73. The molecule has 1 saturated carbocycles. The van der Waals surface area contributed by atoms with Gasteiger partial charge in [0.2, 0.25) is 5.95 Å². The van der Waals surface area contributed by atoms with Gasteiger partial charge in [-0.25, -0.2) is 0 Å². The molecule has 0 atom stereocenters. The van der Waals surface area contributed by atoms with Crippen LogP contribution < -0.4 is 5.73 Å². The summed E-state index contributed by atoms with van der Waals surface area (Å²) in [6.45, 7) is 2.22. The number of anilines is 1. The number of hydrogen-bond acceptors (Lipinski definition) is 4. The molecule has 0 bridgehead atoms. The lowest BCUT2D eigenvalue weighted by Gasteiger charge is -2.14. The maximum atomic E-state index is 6.18. The van der Waals surface area contributed by atoms with E-state index in [2.05, 4.69) is 53.5 Å². The Morgan fingerprint density at radius 2 is 1.88 bits per heavy atom. The normalized spacial score (nSPS) is 14.3. The summed E-state index contributed by atoms with van der Waals surface area (Å²) in [7, 11) is 0. The van der Waals surface area contributed by atoms with Gasteiger partial charge in [-0.3, -0.25) is 4.57 Å². The van der Waals surface area contributed by atoms with Crippen LogP contribution in [0.4, 0.5) is 5.95 Å². The maximum Gasteiger partial charge on any atom is 0.227 e. The number of nitrogens with two attached hydrogens (primary N) is 1. The fraction of sp³-hybridized carbons (Fsp3) is 0.400. The molecule has 1 fully saturated rings. The summed E-state index contributed by atoms with van der Waals surface area (Å²) in [6, 6.07) is 13.1. The molecule has 0 unspecified atom stereocenters. The third-order valence-corrected chi connectivity index (χ3v) is 5.85. The van der Waals surface area contributed by atoms with Gasteiger partial charge in [0.25, 0.3) is 0 Å². The fourth-order valence-electron chi connectivity index (χ4n) is 3.37. The summed E-state index contributed by atoms with van der Waals surface area (Å²) in [4.78, 5) is 0. The summed E-state index contributed by atoms with van der Waals surface area (Å²) in [6.07, 6.45) is 6.26. The van der Waals surface area contributed by atoms with Crippen LogP contribution >= 0.6 is 11.8 Å². The van der Waals surface area contributed by atoms with Gasteiger partial charge in [0.15, 0.2) is 5.16 Å². The molecule has 0 radical (unpaired) electrons. The molecule has 0 aliphatic heterocycles. The zero-order valence-electron chi connectivity index (χ0n) is 14.6. The van der Waals surface area contributed by atoms with Gasteiger partial charge in [0.05, 0.1) is 5.69 Å². The smallest absolute Gasteiger partial charge is 0.227 e. The predicted octanol–water partition coefficient (Wildman–Crippen LogP) is 5.16. The lowest BCUT2D eigenvalue weighted by Crippen LogP contribution is -2.04. The van der Waals surface area contributed by atoms with Crippen LogP contribution in [0, 0.1) is 0 Å². The van der Waals surface area contributed by atoms with Crippen LogP contribution in [0.1, 0.15) is 50.5 Å². The van der Waals surface area contributed by atoms with Gasteiger partial charge in [0, 0.05) is 11.1 Å². The first-order valence-corrected chi connectivity index (χ1v) is 10.1. The minimum absolute atomic E-state index is 0.460. The van der Waals surface area contributed by atoms with Crippen molar-refractivity contribution < 1.29 is 0 Å². The minimum atomic E-state index is 0.460. The number of hydrogen-bond donors (Lipinski definition) is 1. The second-order valence-corrected chi connectivity index (χ2v) is 7.79. The van der Waals surface area contributed by atoms with E-state index >= 15 is 0 Å². The Hall–Kier alpha value is -2.01. The summed E-state index contributed by atoms with van der Waals surface area (Å²) in [5, 5.41) is 11.9. The highest BCUT2D eigenvalue weighted by Gasteiger charge is 2.26. The van der Waals surface area contributed by atoms with Crippen molar-refractivity contribution in [3.63, 3.8) is 0 Å². The maximum absolute atomic E-state index is 6.18. The van der Waals surface area contributed by atoms with Gasteiger partial charge < -0.3 is 5.73 Å². The summed E-state index contributed by atoms with van der Waals surface area (Å²) < 4.78 is 2.01. The first-order chi connectivity index (χ1) is 12.3. The Morgan fingerprint density at radius 1 is 1.08 bits per heavy atom. The highest BCUT2D eigenvalue weighted by Crippen LogP contribution is 2.44. The van der Waals surface area contributed by atoms with Crippen molar-refractivity contribution in [2.75, 3.05) is 11.5 Å². The van der Waals surface area contributed by atoms with Crippen LogP contribution in [-0.4, -0.2) is 20.5 Å². The van der Waals surface area contributed by atoms with Crippen LogP contribution in [0.25, 0.3) is 16.5 Å². The number of thioether (sulfide) groups is 1. The first-order valence-electron chi connectivity index (χ1n) is 9.15. The Bertz CT molecular complexity index is 883. The first kappa shape index (κ1) is 16.5. The van der Waals surface area contributed by atoms with Crippen LogP contribution in [0.2, 0.25) is 0 Å². The average Bonchev–Trinajstić information content (AvgIpc) is 3.42. The largest absolute Gasteiger partial charge is 0.368 e. The molecule has 4 nitrogen and oxygen atoms in total. The number of fused-ring (bicyclic) bond motifs is 1. The van der Waals surface area contributed by atoms with Gasteiger partial charge in [-0.15, -0.1) is 10.2 Å². The van der Waals surface area contributed by atoms with E-state index in [-0.39, 0.29) is 0 Å². The fourth-order valence-corrected chi connectivity index (χ4v) is 4.32. The number of aromatic nitrogens is 3. The Morgan fingerprint density at radius 3 is 2.64 bits per heavy atom. The molecule has 130 valence electrons. The molecule has 1 aliphatic carbocycles. The van der Waals surface area contributed by atoms with E-state index in [9.17, 15) is 0 Å². The highest BCUT2D eigenvalue weighted by molar-refractivity contribution is 7.99. The number of benzene rings is 2. The molecule has 0 spiro atoms. The number of unbranched alkanes of at least 4 members (excludes halogenated alkanes) is 2. The molecular weight excluding hydrogens is 328 g/mol. The van der Waals surface area contributed by atoms with E-state index in [0.29, 0.717) is 5.95 Å². The zero-order valence-corrected chi connectivity index (χ0v) is 15.4. The molecule has 1 heterocycles. The summed E-state index contributed by atoms with van der Waals surface area (Å²) in [5.41, 5.74) is 8.73. The minimum Gasteiger partial charge on any atom is -0.368 e. The Labute approximate surface area is 152 Å². The molecule has 25 heavy (non-hydrogen) atoms. The molecule has 5 heteroatoms. The standard InChI is InChI=1S/C20H24N4S/c1-2-3-6-13-25-20-23-22-19(21)24(20)18-12-11-15(14-9-10-14)16-7-4-5-8-17(16)18/h4-5,7-8,11-12,14H,2-3,6,9-10,13H2,1H3,(H2,21,22). The quantitative estimate of drug-likeness (QED) is 0.471. The van der Waals surface area contributed by atoms with Gasteiger partial charge in [-0.05, 0) is 42.2 Å². The molecule has 2 N–H and O–H groups in total. The molecule has 0 amide bonds. The van der Waals surface area contributed by atoms with Crippen molar-refractivity contribution in [3.8, 4) is 5.69 Å². The molecule has 4 rings (SSSR count). The van der Waals surface area contributed by atoms with Crippen molar-refractivity contribution in [1.82, 2.24) is 14.8 Å². The van der Waals surface area contributed by atoms with Gasteiger partial charge >= 0.3 is 0 Å². The summed E-state index contributed by atoms with van der Waals surface area (Å²) in [5.74, 6) is 2.23. The van der Waals surface area contributed by atoms with Crippen LogP contribution in [0.15, 0.2) is 41.6 Å². The monoisotopic (exact) mass is 352 g/mol. The SMILES string of the molecule is CCCCCSc1nnc(N)n1-c1ccc(C2CC2)c2ccccc12. The third kappa shape index (κ3) is 3.25.